The van der Waals surface area contributed by atoms with Gasteiger partial charge in [-0.1, -0.05) is 6.07 Å². The molecule has 0 atom stereocenters. The summed E-state index contributed by atoms with van der Waals surface area (Å²) in [5.41, 5.74) is 8.02. The molecule has 7 heteroatoms. The SMILES string of the molecule is Cc1cc(=O)[nH]c(Sc2nc3c(N)cccc3o2)n1. The molecular formula is C12H10N4O2S. The molecule has 3 rings (SSSR count). The highest BCUT2D eigenvalue weighted by Crippen LogP contribution is 2.29. The summed E-state index contributed by atoms with van der Waals surface area (Å²) >= 11 is 1.15. The Balaban J connectivity index is 2.01. The second kappa shape index (κ2) is 4.43. The van der Waals surface area contributed by atoms with Gasteiger partial charge in [-0.25, -0.2) is 9.97 Å². The van der Waals surface area contributed by atoms with Crippen molar-refractivity contribution in [3.05, 3.63) is 40.3 Å². The summed E-state index contributed by atoms with van der Waals surface area (Å²) in [6.07, 6.45) is 0. The van der Waals surface area contributed by atoms with Crippen LogP contribution in [0.4, 0.5) is 5.69 Å². The first kappa shape index (κ1) is 11.8. The normalized spacial score (nSPS) is 11.0. The molecule has 0 aliphatic heterocycles. The molecular weight excluding hydrogens is 264 g/mol. The van der Waals surface area contributed by atoms with Crippen LogP contribution in [0.25, 0.3) is 11.1 Å². The zero-order chi connectivity index (χ0) is 13.4. The van der Waals surface area contributed by atoms with E-state index in [9.17, 15) is 4.79 Å². The number of para-hydroxylation sites is 1. The van der Waals surface area contributed by atoms with Crippen LogP contribution in [0.15, 0.2) is 43.9 Å². The molecule has 0 spiro atoms. The van der Waals surface area contributed by atoms with Crippen LogP contribution >= 0.6 is 11.8 Å². The van der Waals surface area contributed by atoms with Gasteiger partial charge in [-0.3, -0.25) is 4.79 Å². The number of rotatable bonds is 2. The van der Waals surface area contributed by atoms with E-state index in [1.165, 1.54) is 6.07 Å². The predicted molar refractivity (Wildman–Crippen MR) is 72.1 cm³/mol. The Morgan fingerprint density at radius 3 is 2.95 bits per heavy atom. The molecule has 0 saturated heterocycles. The smallest absolute Gasteiger partial charge is 0.264 e. The van der Waals surface area contributed by atoms with Crippen LogP contribution in [0.3, 0.4) is 0 Å². The van der Waals surface area contributed by atoms with Crippen molar-refractivity contribution >= 4 is 28.5 Å². The summed E-state index contributed by atoms with van der Waals surface area (Å²) in [5, 5.41) is 0.830. The number of oxazole rings is 1. The standard InChI is InChI=1S/C12H10N4O2S/c1-6-5-9(17)15-11(14-6)19-12-16-10-7(13)3-2-4-8(10)18-12/h2-5H,13H2,1H3,(H,14,15,17). The van der Waals surface area contributed by atoms with E-state index in [0.29, 0.717) is 32.9 Å². The Hall–Kier alpha value is -2.28. The van der Waals surface area contributed by atoms with Gasteiger partial charge >= 0.3 is 0 Å². The Kier molecular flexibility index (Phi) is 2.75. The number of nitrogens with two attached hydrogens (primary N) is 1. The van der Waals surface area contributed by atoms with Gasteiger partial charge in [0.1, 0.15) is 5.52 Å². The molecule has 3 aromatic rings. The van der Waals surface area contributed by atoms with Gasteiger partial charge in [0.2, 0.25) is 0 Å². The number of nitrogens with one attached hydrogen (secondary N) is 1. The number of H-pyrrole nitrogens is 1. The minimum Gasteiger partial charge on any atom is -0.431 e. The van der Waals surface area contributed by atoms with Gasteiger partial charge in [0.15, 0.2) is 10.7 Å². The highest BCUT2D eigenvalue weighted by atomic mass is 32.2. The Bertz CT molecular complexity index is 809. The van der Waals surface area contributed by atoms with Crippen LogP contribution in [-0.2, 0) is 0 Å². The minimum atomic E-state index is -0.203. The fourth-order valence-electron chi connectivity index (χ4n) is 1.68. The van der Waals surface area contributed by atoms with Gasteiger partial charge in [-0.2, -0.15) is 0 Å². The lowest BCUT2D eigenvalue weighted by Crippen LogP contribution is -2.07. The molecule has 0 aliphatic rings. The summed E-state index contributed by atoms with van der Waals surface area (Å²) in [6, 6.07) is 6.76. The lowest BCUT2D eigenvalue weighted by atomic mass is 10.3. The fourth-order valence-corrected chi connectivity index (χ4v) is 2.45. The molecule has 0 aliphatic carbocycles. The van der Waals surface area contributed by atoms with Gasteiger partial charge in [-0.05, 0) is 19.1 Å². The zero-order valence-electron chi connectivity index (χ0n) is 10.0. The van der Waals surface area contributed by atoms with E-state index in [1.807, 2.05) is 0 Å². The molecule has 3 N–H and O–H groups in total. The first-order valence-corrected chi connectivity index (χ1v) is 6.34. The van der Waals surface area contributed by atoms with Crippen LogP contribution in [0.2, 0.25) is 0 Å². The van der Waals surface area contributed by atoms with Crippen LogP contribution in [0, 0.1) is 6.92 Å². The van der Waals surface area contributed by atoms with Crippen LogP contribution in [0.5, 0.6) is 0 Å². The molecule has 96 valence electrons. The Morgan fingerprint density at radius 2 is 2.21 bits per heavy atom. The van der Waals surface area contributed by atoms with Crippen molar-refractivity contribution in [3.63, 3.8) is 0 Å². The fraction of sp³-hybridized carbons (Fsp3) is 0.0833. The highest BCUT2D eigenvalue weighted by molar-refractivity contribution is 7.98. The molecule has 2 aromatic heterocycles. The van der Waals surface area contributed by atoms with Crippen LogP contribution in [0.1, 0.15) is 5.69 Å². The molecule has 19 heavy (non-hydrogen) atoms. The quantitative estimate of drug-likeness (QED) is 0.547. The molecule has 0 amide bonds. The lowest BCUT2D eigenvalue weighted by molar-refractivity contribution is 0.488. The van der Waals surface area contributed by atoms with Gasteiger partial charge in [0.05, 0.1) is 5.69 Å². The number of anilines is 1. The molecule has 0 fully saturated rings. The average molecular weight is 274 g/mol. The Morgan fingerprint density at radius 1 is 1.37 bits per heavy atom. The minimum absolute atomic E-state index is 0.203. The van der Waals surface area contributed by atoms with E-state index >= 15 is 0 Å². The predicted octanol–water partition coefficient (Wildman–Crippen LogP) is 1.95. The number of aryl methyl sites for hydroxylation is 1. The third-order valence-electron chi connectivity index (χ3n) is 2.46. The second-order valence-corrected chi connectivity index (χ2v) is 4.91. The maximum absolute atomic E-state index is 11.3. The van der Waals surface area contributed by atoms with E-state index in [0.717, 1.165) is 11.8 Å². The summed E-state index contributed by atoms with van der Waals surface area (Å²) in [5.74, 6) is 0. The van der Waals surface area contributed by atoms with Gasteiger partial charge in [0, 0.05) is 23.5 Å². The van der Waals surface area contributed by atoms with Crippen molar-refractivity contribution in [2.24, 2.45) is 0 Å². The number of benzene rings is 1. The van der Waals surface area contributed by atoms with Crippen molar-refractivity contribution in [2.45, 2.75) is 17.3 Å². The third kappa shape index (κ3) is 2.32. The topological polar surface area (TPSA) is 97.8 Å². The average Bonchev–Trinajstić information content (AvgIpc) is 2.71. The Labute approximate surface area is 112 Å². The van der Waals surface area contributed by atoms with E-state index in [-0.39, 0.29) is 5.56 Å². The number of hydrogen-bond acceptors (Lipinski definition) is 6. The van der Waals surface area contributed by atoms with E-state index in [2.05, 4.69) is 15.0 Å². The number of aromatic nitrogens is 3. The van der Waals surface area contributed by atoms with Crippen molar-refractivity contribution in [1.82, 2.24) is 15.0 Å². The summed E-state index contributed by atoms with van der Waals surface area (Å²) in [4.78, 5) is 22.4. The first-order chi connectivity index (χ1) is 9.11. The van der Waals surface area contributed by atoms with Gasteiger partial charge in [0.25, 0.3) is 10.8 Å². The zero-order valence-corrected chi connectivity index (χ0v) is 10.8. The molecule has 2 heterocycles. The number of fused-ring (bicyclic) bond motifs is 1. The van der Waals surface area contributed by atoms with Crippen LogP contribution < -0.4 is 11.3 Å². The first-order valence-electron chi connectivity index (χ1n) is 5.53. The van der Waals surface area contributed by atoms with Crippen molar-refractivity contribution in [3.8, 4) is 0 Å². The van der Waals surface area contributed by atoms with Crippen LogP contribution in [-0.4, -0.2) is 15.0 Å². The number of hydrogen-bond donors (Lipinski definition) is 2. The number of nitrogens with zero attached hydrogens (tertiary/aromatic N) is 2. The van der Waals surface area contributed by atoms with E-state index in [4.69, 9.17) is 10.2 Å². The van der Waals surface area contributed by atoms with Crippen molar-refractivity contribution < 1.29 is 4.42 Å². The van der Waals surface area contributed by atoms with Gasteiger partial charge < -0.3 is 15.1 Å². The monoisotopic (exact) mass is 274 g/mol. The van der Waals surface area contributed by atoms with Crippen molar-refractivity contribution in [1.29, 1.82) is 0 Å². The lowest BCUT2D eigenvalue weighted by Gasteiger charge is -1.96. The third-order valence-corrected chi connectivity index (χ3v) is 3.20. The largest absolute Gasteiger partial charge is 0.431 e. The maximum Gasteiger partial charge on any atom is 0.264 e. The van der Waals surface area contributed by atoms with Gasteiger partial charge in [-0.15, -0.1) is 0 Å². The second-order valence-electron chi connectivity index (χ2n) is 3.97. The van der Waals surface area contributed by atoms with E-state index in [1.54, 1.807) is 25.1 Å². The molecule has 0 bridgehead atoms. The molecule has 0 unspecified atom stereocenters. The molecule has 0 saturated carbocycles. The number of aromatic amines is 1. The summed E-state index contributed by atoms with van der Waals surface area (Å²) in [7, 11) is 0. The summed E-state index contributed by atoms with van der Waals surface area (Å²) in [6.45, 7) is 1.75. The summed E-state index contributed by atoms with van der Waals surface area (Å²) < 4.78 is 5.54. The molecule has 6 nitrogen and oxygen atoms in total. The highest BCUT2D eigenvalue weighted by Gasteiger charge is 2.11. The molecule has 1 aromatic carbocycles. The van der Waals surface area contributed by atoms with E-state index < -0.39 is 0 Å². The maximum atomic E-state index is 11.3. The number of nitrogen functional groups attached to an aromatic ring is 1. The molecule has 0 radical (unpaired) electrons. The van der Waals surface area contributed by atoms with Crippen molar-refractivity contribution in [2.75, 3.05) is 5.73 Å².